The standard InChI is InChI=1S/C11H8N4O2/c12-3-5-15-7-9(11(16)17)10(14-15)8-2-1-4-13-6-8/h1-2,4,6-7H,5H2,(H,16,17). The molecule has 0 spiro atoms. The molecular weight excluding hydrogens is 220 g/mol. The van der Waals surface area contributed by atoms with Gasteiger partial charge >= 0.3 is 5.97 Å². The van der Waals surface area contributed by atoms with E-state index in [1.54, 1.807) is 18.3 Å². The lowest BCUT2D eigenvalue weighted by atomic mass is 10.1. The maximum Gasteiger partial charge on any atom is 0.339 e. The average molecular weight is 228 g/mol. The summed E-state index contributed by atoms with van der Waals surface area (Å²) in [6.07, 6.45) is 4.47. The Hall–Kier alpha value is -2.68. The predicted octanol–water partition coefficient (Wildman–Crippen LogP) is 1.17. The van der Waals surface area contributed by atoms with Gasteiger partial charge in [0.25, 0.3) is 0 Å². The summed E-state index contributed by atoms with van der Waals surface area (Å²) in [7, 11) is 0. The van der Waals surface area contributed by atoms with Crippen molar-refractivity contribution < 1.29 is 9.90 Å². The summed E-state index contributed by atoms with van der Waals surface area (Å²) in [6, 6.07) is 5.33. The van der Waals surface area contributed by atoms with Crippen molar-refractivity contribution in [3.8, 4) is 17.3 Å². The number of aromatic carboxylic acids is 1. The minimum absolute atomic E-state index is 0.0144. The van der Waals surface area contributed by atoms with Crippen LogP contribution in [0.1, 0.15) is 10.4 Å². The molecule has 0 fully saturated rings. The Labute approximate surface area is 96.8 Å². The van der Waals surface area contributed by atoms with E-state index in [4.69, 9.17) is 10.4 Å². The number of nitriles is 1. The molecule has 2 aromatic heterocycles. The van der Waals surface area contributed by atoms with Crippen LogP contribution in [0.15, 0.2) is 30.7 Å². The number of hydrogen-bond donors (Lipinski definition) is 1. The molecule has 0 saturated heterocycles. The summed E-state index contributed by atoms with van der Waals surface area (Å²) >= 11 is 0. The van der Waals surface area contributed by atoms with E-state index in [2.05, 4.69) is 10.1 Å². The predicted molar refractivity (Wildman–Crippen MR) is 58.0 cm³/mol. The number of carboxylic acid groups (broad SMARTS) is 1. The Morgan fingerprint density at radius 3 is 3.00 bits per heavy atom. The van der Waals surface area contributed by atoms with Crippen LogP contribution in [0.25, 0.3) is 11.3 Å². The molecule has 0 atom stereocenters. The largest absolute Gasteiger partial charge is 0.478 e. The number of aromatic nitrogens is 3. The first-order chi connectivity index (χ1) is 8.22. The highest BCUT2D eigenvalue weighted by Gasteiger charge is 2.16. The third-order valence-electron chi connectivity index (χ3n) is 2.16. The lowest BCUT2D eigenvalue weighted by Crippen LogP contribution is -1.96. The Bertz CT molecular complexity index is 583. The Morgan fingerprint density at radius 1 is 1.59 bits per heavy atom. The molecule has 0 radical (unpaired) electrons. The average Bonchev–Trinajstić information content (AvgIpc) is 2.75. The molecule has 0 amide bonds. The van der Waals surface area contributed by atoms with Crippen molar-refractivity contribution in [3.63, 3.8) is 0 Å². The lowest BCUT2D eigenvalue weighted by molar-refractivity contribution is 0.0697. The molecule has 1 N–H and O–H groups in total. The summed E-state index contributed by atoms with van der Waals surface area (Å²) in [6.45, 7) is 0.0144. The van der Waals surface area contributed by atoms with E-state index < -0.39 is 5.97 Å². The van der Waals surface area contributed by atoms with Gasteiger partial charge in [-0.3, -0.25) is 9.67 Å². The van der Waals surface area contributed by atoms with Crippen molar-refractivity contribution in [3.05, 3.63) is 36.3 Å². The molecule has 0 bridgehead atoms. The molecular formula is C11H8N4O2. The summed E-state index contributed by atoms with van der Waals surface area (Å²) in [5.41, 5.74) is 0.996. The maximum atomic E-state index is 11.1. The van der Waals surface area contributed by atoms with Crippen LogP contribution in [0.5, 0.6) is 0 Å². The molecule has 6 nitrogen and oxygen atoms in total. The van der Waals surface area contributed by atoms with E-state index in [0.717, 1.165) is 0 Å². The van der Waals surface area contributed by atoms with Crippen molar-refractivity contribution in [1.29, 1.82) is 5.26 Å². The lowest BCUT2D eigenvalue weighted by Gasteiger charge is -1.96. The van der Waals surface area contributed by atoms with E-state index in [1.165, 1.54) is 17.1 Å². The highest BCUT2D eigenvalue weighted by molar-refractivity contribution is 5.94. The van der Waals surface area contributed by atoms with Crippen LogP contribution in [0.4, 0.5) is 0 Å². The van der Waals surface area contributed by atoms with Crippen LogP contribution in [-0.2, 0) is 6.54 Å². The smallest absolute Gasteiger partial charge is 0.339 e. The first-order valence-corrected chi connectivity index (χ1v) is 4.80. The van der Waals surface area contributed by atoms with E-state index in [1.807, 2.05) is 6.07 Å². The topological polar surface area (TPSA) is 91.8 Å². The molecule has 0 aliphatic rings. The normalized spacial score (nSPS) is 9.82. The fourth-order valence-electron chi connectivity index (χ4n) is 1.45. The van der Waals surface area contributed by atoms with Gasteiger partial charge in [0.15, 0.2) is 0 Å². The minimum atomic E-state index is -1.08. The van der Waals surface area contributed by atoms with Gasteiger partial charge in [0, 0.05) is 24.2 Å². The summed E-state index contributed by atoms with van der Waals surface area (Å²) in [4.78, 5) is 15.0. The molecule has 2 aromatic rings. The van der Waals surface area contributed by atoms with Crippen LogP contribution in [-0.4, -0.2) is 25.8 Å². The molecule has 0 aliphatic carbocycles. The van der Waals surface area contributed by atoms with Crippen LogP contribution >= 0.6 is 0 Å². The van der Waals surface area contributed by atoms with Gasteiger partial charge in [-0.25, -0.2) is 4.79 Å². The van der Waals surface area contributed by atoms with Crippen LogP contribution in [0, 0.1) is 11.3 Å². The van der Waals surface area contributed by atoms with Crippen molar-refractivity contribution >= 4 is 5.97 Å². The first-order valence-electron chi connectivity index (χ1n) is 4.80. The van der Waals surface area contributed by atoms with Crippen LogP contribution in [0.3, 0.4) is 0 Å². The second kappa shape index (κ2) is 4.45. The second-order valence-corrected chi connectivity index (χ2v) is 3.29. The Morgan fingerprint density at radius 2 is 2.41 bits per heavy atom. The number of hydrogen-bond acceptors (Lipinski definition) is 4. The summed E-state index contributed by atoms with van der Waals surface area (Å²) in [5.74, 6) is -1.08. The zero-order valence-corrected chi connectivity index (χ0v) is 8.74. The van der Waals surface area contributed by atoms with Gasteiger partial charge in [-0.05, 0) is 12.1 Å². The Balaban J connectivity index is 2.53. The van der Waals surface area contributed by atoms with Gasteiger partial charge in [0.05, 0.1) is 6.07 Å². The molecule has 2 heterocycles. The maximum absolute atomic E-state index is 11.1. The quantitative estimate of drug-likeness (QED) is 0.851. The number of nitrogens with zero attached hydrogens (tertiary/aromatic N) is 4. The van der Waals surface area contributed by atoms with Crippen molar-refractivity contribution in [2.24, 2.45) is 0 Å². The summed E-state index contributed by atoms with van der Waals surface area (Å²) in [5, 5.41) is 21.7. The molecule has 0 unspecified atom stereocenters. The molecule has 0 aromatic carbocycles. The molecule has 6 heteroatoms. The number of pyridine rings is 1. The fraction of sp³-hybridized carbons (Fsp3) is 0.0909. The SMILES string of the molecule is N#CCn1cc(C(=O)O)c(-c2cccnc2)n1. The molecule has 17 heavy (non-hydrogen) atoms. The van der Waals surface area contributed by atoms with Crippen molar-refractivity contribution in [2.75, 3.05) is 0 Å². The van der Waals surface area contributed by atoms with Crippen molar-refractivity contribution in [2.45, 2.75) is 6.54 Å². The number of carboxylic acids is 1. The van der Waals surface area contributed by atoms with Crippen molar-refractivity contribution in [1.82, 2.24) is 14.8 Å². The van der Waals surface area contributed by atoms with Gasteiger partial charge in [0.2, 0.25) is 0 Å². The summed E-state index contributed by atoms with van der Waals surface area (Å²) < 4.78 is 1.30. The number of carbonyl (C=O) groups is 1. The highest BCUT2D eigenvalue weighted by atomic mass is 16.4. The molecule has 2 rings (SSSR count). The molecule has 84 valence electrons. The second-order valence-electron chi connectivity index (χ2n) is 3.29. The van der Waals surface area contributed by atoms with E-state index in [9.17, 15) is 4.79 Å². The van der Waals surface area contributed by atoms with Gasteiger partial charge < -0.3 is 5.11 Å². The molecule has 0 saturated carbocycles. The highest BCUT2D eigenvalue weighted by Crippen LogP contribution is 2.20. The van der Waals surface area contributed by atoms with E-state index in [-0.39, 0.29) is 12.1 Å². The van der Waals surface area contributed by atoms with Gasteiger partial charge in [-0.15, -0.1) is 0 Å². The van der Waals surface area contributed by atoms with Crippen LogP contribution in [0.2, 0.25) is 0 Å². The van der Waals surface area contributed by atoms with E-state index >= 15 is 0 Å². The third kappa shape index (κ3) is 2.13. The van der Waals surface area contributed by atoms with Gasteiger partial charge in [0.1, 0.15) is 17.8 Å². The zero-order valence-electron chi connectivity index (χ0n) is 8.74. The zero-order chi connectivity index (χ0) is 12.3. The fourth-order valence-corrected chi connectivity index (χ4v) is 1.45. The van der Waals surface area contributed by atoms with Gasteiger partial charge in [-0.2, -0.15) is 10.4 Å². The van der Waals surface area contributed by atoms with Crippen LogP contribution < -0.4 is 0 Å². The minimum Gasteiger partial charge on any atom is -0.478 e. The third-order valence-corrected chi connectivity index (χ3v) is 2.16. The van der Waals surface area contributed by atoms with Gasteiger partial charge in [-0.1, -0.05) is 0 Å². The monoisotopic (exact) mass is 228 g/mol. The Kier molecular flexibility index (Phi) is 2.83. The first kappa shape index (κ1) is 10.8. The van der Waals surface area contributed by atoms with E-state index in [0.29, 0.717) is 11.3 Å². The molecule has 0 aliphatic heterocycles. The number of rotatable bonds is 3.